The minimum Gasteiger partial charge on any atom is -0.441 e. The van der Waals surface area contributed by atoms with Crippen LogP contribution in [0.1, 0.15) is 24.3 Å². The van der Waals surface area contributed by atoms with Gasteiger partial charge in [-0.2, -0.15) is 0 Å². The smallest absolute Gasteiger partial charge is 0.225 e. The van der Waals surface area contributed by atoms with Crippen LogP contribution in [0.5, 0.6) is 0 Å². The monoisotopic (exact) mass is 496 g/mol. The Balaban J connectivity index is 1.19. The summed E-state index contributed by atoms with van der Waals surface area (Å²) in [6.45, 7) is 4.25. The molecule has 2 amide bonds. The van der Waals surface area contributed by atoms with Gasteiger partial charge < -0.3 is 19.8 Å². The molecule has 2 heterocycles. The summed E-state index contributed by atoms with van der Waals surface area (Å²) in [5.74, 6) is 0.925. The Morgan fingerprint density at radius 3 is 2.69 bits per heavy atom. The summed E-state index contributed by atoms with van der Waals surface area (Å²) in [5, 5.41) is 6.43. The van der Waals surface area contributed by atoms with E-state index in [1.807, 2.05) is 42.5 Å². The van der Waals surface area contributed by atoms with Gasteiger partial charge in [-0.25, -0.2) is 4.98 Å². The number of anilines is 1. The quantitative estimate of drug-likeness (QED) is 0.442. The van der Waals surface area contributed by atoms with Crippen molar-refractivity contribution in [3.05, 3.63) is 71.2 Å². The summed E-state index contributed by atoms with van der Waals surface area (Å²) in [4.78, 5) is 31.1. The SMILES string of the molecule is O=C(CCc1ncc(-c2ccccc2Cl)o1)NCc1cccc(NC(=O)CCN2CCOCC2)c1. The Labute approximate surface area is 209 Å². The minimum absolute atomic E-state index is 0.0280. The van der Waals surface area contributed by atoms with Crippen molar-refractivity contribution < 1.29 is 18.7 Å². The predicted octanol–water partition coefficient (Wildman–Crippen LogP) is 3.90. The summed E-state index contributed by atoms with van der Waals surface area (Å²) >= 11 is 6.20. The van der Waals surface area contributed by atoms with Gasteiger partial charge >= 0.3 is 0 Å². The largest absolute Gasteiger partial charge is 0.441 e. The Morgan fingerprint density at radius 1 is 1.03 bits per heavy atom. The number of oxazole rings is 1. The molecule has 1 aliphatic heterocycles. The lowest BCUT2D eigenvalue weighted by molar-refractivity contribution is -0.121. The zero-order valence-electron chi connectivity index (χ0n) is 19.5. The van der Waals surface area contributed by atoms with Gasteiger partial charge in [0.1, 0.15) is 0 Å². The molecule has 3 aromatic rings. The van der Waals surface area contributed by atoms with Crippen LogP contribution in [-0.4, -0.2) is 54.5 Å². The van der Waals surface area contributed by atoms with E-state index in [2.05, 4.69) is 20.5 Å². The van der Waals surface area contributed by atoms with Gasteiger partial charge in [0.15, 0.2) is 11.7 Å². The lowest BCUT2D eigenvalue weighted by Crippen LogP contribution is -2.38. The summed E-state index contributed by atoms with van der Waals surface area (Å²) < 4.78 is 11.1. The summed E-state index contributed by atoms with van der Waals surface area (Å²) in [6, 6.07) is 14.9. The summed E-state index contributed by atoms with van der Waals surface area (Å²) in [6.07, 6.45) is 2.69. The fourth-order valence-electron chi connectivity index (χ4n) is 3.79. The lowest BCUT2D eigenvalue weighted by Gasteiger charge is -2.26. The first-order valence-electron chi connectivity index (χ1n) is 11.7. The molecule has 1 fully saturated rings. The number of carbonyl (C=O) groups excluding carboxylic acids is 2. The maximum Gasteiger partial charge on any atom is 0.225 e. The second-order valence-corrected chi connectivity index (χ2v) is 8.73. The standard InChI is InChI=1S/C26H29ClN4O4/c27-22-7-2-1-6-21(22)23-18-29-26(35-23)9-8-24(32)28-17-19-4-3-5-20(16-19)30-25(33)10-11-31-12-14-34-15-13-31/h1-7,16,18H,8-15,17H2,(H,28,32)(H,30,33). The van der Waals surface area contributed by atoms with E-state index < -0.39 is 0 Å². The highest BCUT2D eigenvalue weighted by atomic mass is 35.5. The zero-order chi connectivity index (χ0) is 24.5. The molecule has 0 radical (unpaired) electrons. The van der Waals surface area contributed by atoms with Crippen molar-refractivity contribution in [1.82, 2.24) is 15.2 Å². The maximum absolute atomic E-state index is 12.3. The number of benzene rings is 2. The number of rotatable bonds is 10. The van der Waals surface area contributed by atoms with Gasteiger partial charge in [-0.1, -0.05) is 35.9 Å². The molecular formula is C26H29ClN4O4. The third-order valence-corrected chi connectivity index (χ3v) is 6.05. The van der Waals surface area contributed by atoms with E-state index in [4.69, 9.17) is 20.8 Å². The molecule has 8 nitrogen and oxygen atoms in total. The Bertz CT molecular complexity index is 1140. The van der Waals surface area contributed by atoms with Crippen molar-refractivity contribution in [1.29, 1.82) is 0 Å². The van der Waals surface area contributed by atoms with Crippen LogP contribution < -0.4 is 10.6 Å². The number of nitrogens with one attached hydrogen (secondary N) is 2. The van der Waals surface area contributed by atoms with Gasteiger partial charge in [0.25, 0.3) is 0 Å². The Kier molecular flexibility index (Phi) is 8.89. The molecule has 2 N–H and O–H groups in total. The third kappa shape index (κ3) is 7.65. The van der Waals surface area contributed by atoms with Crippen molar-refractivity contribution in [3.63, 3.8) is 0 Å². The summed E-state index contributed by atoms with van der Waals surface area (Å²) in [5.41, 5.74) is 2.39. The van der Waals surface area contributed by atoms with Crippen LogP contribution in [0.2, 0.25) is 5.02 Å². The van der Waals surface area contributed by atoms with E-state index in [-0.39, 0.29) is 18.2 Å². The fraction of sp³-hybridized carbons (Fsp3) is 0.346. The highest BCUT2D eigenvalue weighted by Crippen LogP contribution is 2.28. The molecule has 1 aliphatic rings. The first-order chi connectivity index (χ1) is 17.1. The molecule has 184 valence electrons. The lowest BCUT2D eigenvalue weighted by atomic mass is 10.2. The van der Waals surface area contributed by atoms with Crippen LogP contribution in [0.4, 0.5) is 5.69 Å². The fourth-order valence-corrected chi connectivity index (χ4v) is 4.02. The molecule has 0 spiro atoms. The molecule has 2 aromatic carbocycles. The third-order valence-electron chi connectivity index (χ3n) is 5.72. The number of aromatic nitrogens is 1. The number of carbonyl (C=O) groups is 2. The van der Waals surface area contributed by atoms with Crippen molar-refractivity contribution >= 4 is 29.1 Å². The Hall–Kier alpha value is -3.20. The number of hydrogen-bond acceptors (Lipinski definition) is 6. The van der Waals surface area contributed by atoms with E-state index in [0.717, 1.165) is 49.7 Å². The summed E-state index contributed by atoms with van der Waals surface area (Å²) in [7, 11) is 0. The maximum atomic E-state index is 12.3. The number of ether oxygens (including phenoxy) is 1. The predicted molar refractivity (Wildman–Crippen MR) is 134 cm³/mol. The number of halogens is 1. The molecule has 9 heteroatoms. The molecular weight excluding hydrogens is 468 g/mol. The van der Waals surface area contributed by atoms with Gasteiger partial charge in [-0.3, -0.25) is 14.5 Å². The van der Waals surface area contributed by atoms with Gasteiger partial charge in [-0.15, -0.1) is 0 Å². The van der Waals surface area contributed by atoms with Crippen LogP contribution in [0.25, 0.3) is 11.3 Å². The molecule has 0 bridgehead atoms. The average molecular weight is 497 g/mol. The second-order valence-electron chi connectivity index (χ2n) is 8.33. The number of hydrogen-bond donors (Lipinski definition) is 2. The van der Waals surface area contributed by atoms with Crippen LogP contribution in [-0.2, 0) is 27.3 Å². The van der Waals surface area contributed by atoms with Crippen LogP contribution in [0, 0.1) is 0 Å². The van der Waals surface area contributed by atoms with Crippen LogP contribution in [0.15, 0.2) is 59.1 Å². The van der Waals surface area contributed by atoms with Crippen LogP contribution in [0.3, 0.4) is 0 Å². The topological polar surface area (TPSA) is 96.7 Å². The van der Waals surface area contributed by atoms with E-state index in [9.17, 15) is 9.59 Å². The van der Waals surface area contributed by atoms with Crippen molar-refractivity contribution in [2.75, 3.05) is 38.2 Å². The first-order valence-corrected chi connectivity index (χ1v) is 12.1. The van der Waals surface area contributed by atoms with E-state index in [0.29, 0.717) is 36.1 Å². The molecule has 0 unspecified atom stereocenters. The van der Waals surface area contributed by atoms with Gasteiger partial charge in [-0.05, 0) is 29.8 Å². The van der Waals surface area contributed by atoms with Crippen molar-refractivity contribution in [2.24, 2.45) is 0 Å². The van der Waals surface area contributed by atoms with E-state index in [1.54, 1.807) is 12.3 Å². The second kappa shape index (κ2) is 12.5. The number of amides is 2. The van der Waals surface area contributed by atoms with E-state index in [1.165, 1.54) is 0 Å². The number of nitrogens with zero attached hydrogens (tertiary/aromatic N) is 2. The zero-order valence-corrected chi connectivity index (χ0v) is 20.2. The highest BCUT2D eigenvalue weighted by Gasteiger charge is 2.13. The van der Waals surface area contributed by atoms with Crippen molar-refractivity contribution in [3.8, 4) is 11.3 Å². The number of aryl methyl sites for hydroxylation is 1. The molecule has 0 saturated carbocycles. The van der Waals surface area contributed by atoms with Gasteiger partial charge in [0.05, 0.1) is 24.4 Å². The number of morpholine rings is 1. The minimum atomic E-state index is -0.109. The molecule has 4 rings (SSSR count). The van der Waals surface area contributed by atoms with E-state index >= 15 is 0 Å². The van der Waals surface area contributed by atoms with Crippen LogP contribution >= 0.6 is 11.6 Å². The molecule has 1 aromatic heterocycles. The first kappa shape index (κ1) is 24.9. The molecule has 0 atom stereocenters. The highest BCUT2D eigenvalue weighted by molar-refractivity contribution is 6.33. The normalized spacial score (nSPS) is 14.0. The Morgan fingerprint density at radius 2 is 1.86 bits per heavy atom. The van der Waals surface area contributed by atoms with Gasteiger partial charge in [0.2, 0.25) is 11.8 Å². The molecule has 1 saturated heterocycles. The van der Waals surface area contributed by atoms with Gasteiger partial charge in [0, 0.05) is 56.7 Å². The van der Waals surface area contributed by atoms with Crippen molar-refractivity contribution in [2.45, 2.75) is 25.8 Å². The molecule has 0 aliphatic carbocycles. The average Bonchev–Trinajstić information content (AvgIpc) is 3.35. The molecule has 35 heavy (non-hydrogen) atoms.